The quantitative estimate of drug-likeness (QED) is 0.636. The molecule has 2 nitrogen and oxygen atoms in total. The van der Waals surface area contributed by atoms with Crippen LogP contribution in [0.15, 0.2) is 46.9 Å². The molecule has 0 saturated heterocycles. The van der Waals surface area contributed by atoms with Crippen molar-refractivity contribution >= 4 is 28.4 Å². The van der Waals surface area contributed by atoms with E-state index in [4.69, 9.17) is 16.0 Å². The number of carbonyl (C=O) groups excluding carboxylic acids is 1. The molecule has 3 aromatic rings. The third-order valence-corrected chi connectivity index (χ3v) is 3.40. The van der Waals surface area contributed by atoms with E-state index in [1.54, 1.807) is 12.1 Å². The van der Waals surface area contributed by atoms with Gasteiger partial charge in [-0.25, -0.2) is 4.39 Å². The summed E-state index contributed by atoms with van der Waals surface area (Å²) in [4.78, 5) is 12.3. The minimum atomic E-state index is -0.654. The summed E-state index contributed by atoms with van der Waals surface area (Å²) in [5, 5.41) is 0.882. The molecule has 0 fully saturated rings. The zero-order valence-electron chi connectivity index (χ0n) is 10.6. The van der Waals surface area contributed by atoms with Crippen LogP contribution in [-0.4, -0.2) is 5.78 Å². The molecule has 0 N–H and O–H groups in total. The minimum absolute atomic E-state index is 0.0756. The Morgan fingerprint density at radius 3 is 2.75 bits per heavy atom. The van der Waals surface area contributed by atoms with Crippen LogP contribution in [0.2, 0.25) is 5.02 Å². The van der Waals surface area contributed by atoms with Crippen LogP contribution in [0.4, 0.5) is 4.39 Å². The fourth-order valence-corrected chi connectivity index (χ4v) is 2.36. The van der Waals surface area contributed by atoms with Crippen LogP contribution in [0.1, 0.15) is 21.7 Å². The third kappa shape index (κ3) is 2.10. The Labute approximate surface area is 119 Å². The Morgan fingerprint density at radius 1 is 1.20 bits per heavy atom. The number of rotatable bonds is 2. The molecular weight excluding hydrogens is 279 g/mol. The van der Waals surface area contributed by atoms with E-state index < -0.39 is 11.6 Å². The van der Waals surface area contributed by atoms with Crippen molar-refractivity contribution < 1.29 is 13.6 Å². The lowest BCUT2D eigenvalue weighted by molar-refractivity contribution is 0.101. The van der Waals surface area contributed by atoms with Crippen LogP contribution in [0.3, 0.4) is 0 Å². The average Bonchev–Trinajstić information content (AvgIpc) is 2.81. The number of fused-ring (bicyclic) bond motifs is 1. The molecule has 0 saturated carbocycles. The fourth-order valence-electron chi connectivity index (χ4n) is 2.11. The molecule has 3 rings (SSSR count). The van der Waals surface area contributed by atoms with Crippen molar-refractivity contribution in [1.29, 1.82) is 0 Å². The van der Waals surface area contributed by atoms with Gasteiger partial charge in [-0.15, -0.1) is 0 Å². The van der Waals surface area contributed by atoms with Crippen molar-refractivity contribution in [2.24, 2.45) is 0 Å². The number of halogens is 2. The summed E-state index contributed by atoms with van der Waals surface area (Å²) in [6.45, 7) is 1.95. The first-order valence-corrected chi connectivity index (χ1v) is 6.43. The van der Waals surface area contributed by atoms with Crippen LogP contribution < -0.4 is 0 Å². The minimum Gasteiger partial charge on any atom is -0.453 e. The molecular formula is C16H10ClFO2. The highest BCUT2D eigenvalue weighted by Gasteiger charge is 2.21. The summed E-state index contributed by atoms with van der Waals surface area (Å²) >= 11 is 5.90. The largest absolute Gasteiger partial charge is 0.453 e. The van der Waals surface area contributed by atoms with Gasteiger partial charge in [0.25, 0.3) is 0 Å². The Hall–Kier alpha value is -2.13. The standard InChI is InChI=1S/C16H10ClFO2/c1-9-5-6-13-10(7-9)8-14(20-13)16(19)15-11(17)3-2-4-12(15)18/h2-8H,1H3. The number of carbonyl (C=O) groups is 1. The molecule has 100 valence electrons. The van der Waals surface area contributed by atoms with Crippen LogP contribution in [-0.2, 0) is 0 Å². The maximum Gasteiger partial charge on any atom is 0.232 e. The summed E-state index contributed by atoms with van der Waals surface area (Å²) in [7, 11) is 0. The van der Waals surface area contributed by atoms with Gasteiger partial charge >= 0.3 is 0 Å². The molecule has 0 bridgehead atoms. The first kappa shape index (κ1) is 12.9. The van der Waals surface area contributed by atoms with Crippen LogP contribution in [0.25, 0.3) is 11.0 Å². The Kier molecular flexibility index (Phi) is 3.07. The van der Waals surface area contributed by atoms with Gasteiger partial charge in [-0.1, -0.05) is 29.3 Å². The smallest absolute Gasteiger partial charge is 0.232 e. The first-order chi connectivity index (χ1) is 9.56. The van der Waals surface area contributed by atoms with Gasteiger partial charge in [0, 0.05) is 5.39 Å². The van der Waals surface area contributed by atoms with E-state index in [1.807, 2.05) is 19.1 Å². The molecule has 1 heterocycles. The van der Waals surface area contributed by atoms with Gasteiger partial charge in [0.2, 0.25) is 5.78 Å². The highest BCUT2D eigenvalue weighted by atomic mass is 35.5. The monoisotopic (exact) mass is 288 g/mol. The normalized spacial score (nSPS) is 10.9. The summed E-state index contributed by atoms with van der Waals surface area (Å²) in [5.41, 5.74) is 1.48. The third-order valence-electron chi connectivity index (χ3n) is 3.09. The molecule has 2 aromatic carbocycles. The number of hydrogen-bond donors (Lipinski definition) is 0. The molecule has 0 aliphatic rings. The molecule has 0 radical (unpaired) electrons. The second-order valence-electron chi connectivity index (χ2n) is 4.58. The van der Waals surface area contributed by atoms with E-state index in [0.717, 1.165) is 10.9 Å². The summed E-state index contributed by atoms with van der Waals surface area (Å²) in [6.07, 6.45) is 0. The van der Waals surface area contributed by atoms with E-state index in [-0.39, 0.29) is 16.3 Å². The molecule has 0 aliphatic heterocycles. The second-order valence-corrected chi connectivity index (χ2v) is 4.98. The molecule has 0 spiro atoms. The summed E-state index contributed by atoms with van der Waals surface area (Å²) in [5.74, 6) is -1.13. The van der Waals surface area contributed by atoms with Crippen LogP contribution in [0.5, 0.6) is 0 Å². The fraction of sp³-hybridized carbons (Fsp3) is 0.0625. The van der Waals surface area contributed by atoms with Crippen molar-refractivity contribution in [3.05, 3.63) is 70.2 Å². The number of furan rings is 1. The predicted octanol–water partition coefficient (Wildman–Crippen LogP) is 4.76. The van der Waals surface area contributed by atoms with Gasteiger partial charge in [0.15, 0.2) is 5.76 Å². The zero-order valence-corrected chi connectivity index (χ0v) is 11.4. The topological polar surface area (TPSA) is 30.2 Å². The second kappa shape index (κ2) is 4.76. The lowest BCUT2D eigenvalue weighted by Crippen LogP contribution is -2.03. The van der Waals surface area contributed by atoms with E-state index in [1.165, 1.54) is 18.2 Å². The Bertz CT molecular complexity index is 800. The van der Waals surface area contributed by atoms with E-state index in [2.05, 4.69) is 0 Å². The highest BCUT2D eigenvalue weighted by molar-refractivity contribution is 6.34. The van der Waals surface area contributed by atoms with Crippen LogP contribution in [0, 0.1) is 12.7 Å². The molecule has 0 amide bonds. The van der Waals surface area contributed by atoms with Gasteiger partial charge < -0.3 is 4.42 Å². The van der Waals surface area contributed by atoms with Crippen LogP contribution >= 0.6 is 11.6 Å². The molecule has 0 atom stereocenters. The maximum absolute atomic E-state index is 13.8. The van der Waals surface area contributed by atoms with Gasteiger partial charge in [0.05, 0.1) is 10.6 Å². The molecule has 0 aliphatic carbocycles. The number of ketones is 1. The lowest BCUT2D eigenvalue weighted by atomic mass is 10.1. The number of aryl methyl sites for hydroxylation is 1. The van der Waals surface area contributed by atoms with Gasteiger partial charge in [-0.2, -0.15) is 0 Å². The summed E-state index contributed by atoms with van der Waals surface area (Å²) in [6, 6.07) is 11.3. The van der Waals surface area contributed by atoms with Crippen molar-refractivity contribution in [2.45, 2.75) is 6.92 Å². The first-order valence-electron chi connectivity index (χ1n) is 6.05. The van der Waals surface area contributed by atoms with Crippen molar-refractivity contribution in [3.63, 3.8) is 0 Å². The van der Waals surface area contributed by atoms with Crippen molar-refractivity contribution in [1.82, 2.24) is 0 Å². The van der Waals surface area contributed by atoms with Crippen molar-refractivity contribution in [3.8, 4) is 0 Å². The van der Waals surface area contributed by atoms with E-state index in [9.17, 15) is 9.18 Å². The van der Waals surface area contributed by atoms with Gasteiger partial charge in [0.1, 0.15) is 11.4 Å². The average molecular weight is 289 g/mol. The number of hydrogen-bond acceptors (Lipinski definition) is 2. The summed E-state index contributed by atoms with van der Waals surface area (Å²) < 4.78 is 19.2. The Morgan fingerprint density at radius 2 is 2.00 bits per heavy atom. The lowest BCUT2D eigenvalue weighted by Gasteiger charge is -2.02. The van der Waals surface area contributed by atoms with E-state index >= 15 is 0 Å². The molecule has 4 heteroatoms. The van der Waals surface area contributed by atoms with Gasteiger partial charge in [-0.3, -0.25) is 4.79 Å². The number of benzene rings is 2. The molecule has 20 heavy (non-hydrogen) atoms. The van der Waals surface area contributed by atoms with E-state index in [0.29, 0.717) is 5.58 Å². The highest BCUT2D eigenvalue weighted by Crippen LogP contribution is 2.26. The maximum atomic E-state index is 13.8. The Balaban J connectivity index is 2.13. The predicted molar refractivity (Wildman–Crippen MR) is 75.8 cm³/mol. The molecule has 1 aromatic heterocycles. The van der Waals surface area contributed by atoms with Crippen molar-refractivity contribution in [2.75, 3.05) is 0 Å². The molecule has 0 unspecified atom stereocenters. The SMILES string of the molecule is Cc1ccc2oc(C(=O)c3c(F)cccc3Cl)cc2c1. The van der Waals surface area contributed by atoms with Gasteiger partial charge in [-0.05, 0) is 37.3 Å². The zero-order chi connectivity index (χ0) is 14.3.